The first kappa shape index (κ1) is 14.1. The van der Waals surface area contributed by atoms with Crippen LogP contribution < -0.4 is 4.18 Å². The fraction of sp³-hybridized carbons (Fsp3) is 0.154. The Kier molecular flexibility index (Phi) is 5.01. The van der Waals surface area contributed by atoms with Crippen LogP contribution in [0.2, 0.25) is 5.15 Å². The third-order valence-corrected chi connectivity index (χ3v) is 3.14. The van der Waals surface area contributed by atoms with Gasteiger partial charge in [-0.25, -0.2) is 9.37 Å². The van der Waals surface area contributed by atoms with Gasteiger partial charge >= 0.3 is 0 Å². The minimum atomic E-state index is -0.283. The van der Waals surface area contributed by atoms with Crippen molar-refractivity contribution in [3.63, 3.8) is 0 Å². The molecule has 100 valence electrons. The Bertz CT molecular complexity index is 551. The quantitative estimate of drug-likeness (QED) is 0.461. The molecule has 1 aromatic heterocycles. The fourth-order valence-corrected chi connectivity index (χ4v) is 1.93. The molecular formula is C13H11ClFNO2S. The van der Waals surface area contributed by atoms with Crippen LogP contribution in [0, 0.1) is 5.82 Å². The highest BCUT2D eigenvalue weighted by molar-refractivity contribution is 7.90. The molecule has 0 aliphatic rings. The van der Waals surface area contributed by atoms with Gasteiger partial charge in [-0.2, -0.15) is 0 Å². The van der Waals surface area contributed by atoms with Crippen molar-refractivity contribution in [2.24, 2.45) is 0 Å². The van der Waals surface area contributed by atoms with Gasteiger partial charge in [0.15, 0.2) is 10.9 Å². The van der Waals surface area contributed by atoms with Gasteiger partial charge in [0.1, 0.15) is 5.82 Å². The summed E-state index contributed by atoms with van der Waals surface area (Å²) >= 11 is 6.77. The summed E-state index contributed by atoms with van der Waals surface area (Å²) in [5.74, 6) is 0.121. The second-order valence-electron chi connectivity index (χ2n) is 3.58. The van der Waals surface area contributed by atoms with Crippen molar-refractivity contribution in [3.05, 3.63) is 47.5 Å². The Morgan fingerprint density at radius 2 is 2.00 bits per heavy atom. The molecule has 0 N–H and O–H groups in total. The molecule has 0 fully saturated rings. The van der Waals surface area contributed by atoms with E-state index < -0.39 is 0 Å². The number of hydrogen-bond donors (Lipinski definition) is 0. The summed E-state index contributed by atoms with van der Waals surface area (Å²) in [6.07, 6.45) is 1.60. The van der Waals surface area contributed by atoms with Crippen molar-refractivity contribution < 1.29 is 12.8 Å². The Morgan fingerprint density at radius 3 is 2.68 bits per heavy atom. The highest BCUT2D eigenvalue weighted by Gasteiger charge is 2.08. The van der Waals surface area contributed by atoms with E-state index >= 15 is 0 Å². The smallest absolute Gasteiger partial charge is 0.225 e. The topological polar surface area (TPSA) is 31.4 Å². The average Bonchev–Trinajstić information content (AvgIpc) is 2.42. The van der Waals surface area contributed by atoms with Crippen molar-refractivity contribution >= 4 is 23.9 Å². The first-order chi connectivity index (χ1) is 9.20. The lowest BCUT2D eigenvalue weighted by molar-refractivity contribution is 0.369. The number of nitrogens with zero attached hydrogens (tertiary/aromatic N) is 1. The molecule has 2 rings (SSSR count). The Hall–Kier alpha value is -1.30. The van der Waals surface area contributed by atoms with Crippen LogP contribution in [0.25, 0.3) is 11.1 Å². The predicted molar refractivity (Wildman–Crippen MR) is 74.5 cm³/mol. The first-order valence-electron chi connectivity index (χ1n) is 5.58. The van der Waals surface area contributed by atoms with Crippen LogP contribution in [0.4, 0.5) is 4.39 Å². The minimum Gasteiger partial charge on any atom is -0.397 e. The van der Waals surface area contributed by atoms with Gasteiger partial charge in [-0.15, -0.1) is 0 Å². The zero-order valence-corrected chi connectivity index (χ0v) is 11.7. The molecule has 0 radical (unpaired) electrons. The lowest BCUT2D eigenvalue weighted by Gasteiger charge is -2.07. The van der Waals surface area contributed by atoms with Gasteiger partial charge in [-0.05, 0) is 30.7 Å². The Morgan fingerprint density at radius 1 is 1.26 bits per heavy atom. The largest absolute Gasteiger partial charge is 0.397 e. The summed E-state index contributed by atoms with van der Waals surface area (Å²) < 4.78 is 23.2. The van der Waals surface area contributed by atoms with E-state index in [1.807, 2.05) is 6.92 Å². The zero-order chi connectivity index (χ0) is 13.7. The lowest BCUT2D eigenvalue weighted by atomic mass is 10.1. The fourth-order valence-electron chi connectivity index (χ4n) is 1.40. The Labute approximate surface area is 120 Å². The maximum Gasteiger partial charge on any atom is 0.225 e. The second-order valence-corrected chi connectivity index (χ2v) is 4.47. The van der Waals surface area contributed by atoms with Gasteiger partial charge in [0.2, 0.25) is 12.3 Å². The van der Waals surface area contributed by atoms with Gasteiger partial charge in [0.25, 0.3) is 0 Å². The molecule has 0 unspecified atom stereocenters. The molecule has 2 aromatic rings. The molecule has 0 amide bonds. The van der Waals surface area contributed by atoms with Crippen LogP contribution in [0.5, 0.6) is 5.75 Å². The van der Waals surface area contributed by atoms with Crippen molar-refractivity contribution in [3.8, 4) is 16.9 Å². The maximum atomic E-state index is 12.9. The molecule has 19 heavy (non-hydrogen) atoms. The van der Waals surface area contributed by atoms with Gasteiger partial charge in [0, 0.05) is 11.8 Å². The second kappa shape index (κ2) is 6.75. The third-order valence-electron chi connectivity index (χ3n) is 2.27. The van der Waals surface area contributed by atoms with Crippen molar-refractivity contribution in [2.75, 3.05) is 6.61 Å². The molecule has 3 nitrogen and oxygen atoms in total. The van der Waals surface area contributed by atoms with Crippen LogP contribution in [0.3, 0.4) is 0 Å². The molecule has 0 spiro atoms. The van der Waals surface area contributed by atoms with E-state index in [0.29, 0.717) is 12.4 Å². The van der Waals surface area contributed by atoms with Crippen LogP contribution in [-0.4, -0.2) is 11.6 Å². The van der Waals surface area contributed by atoms with Crippen molar-refractivity contribution in [1.82, 2.24) is 4.98 Å². The standard InChI is InChI=1S/C13H11ClFNO2S/c1-2-17-19-18-12-7-10(8-16-13(12)14)9-3-5-11(15)6-4-9/h3-8H,2H2,1H3. The molecule has 6 heteroatoms. The number of benzene rings is 1. The molecule has 0 saturated carbocycles. The van der Waals surface area contributed by atoms with Gasteiger partial charge < -0.3 is 4.18 Å². The van der Waals surface area contributed by atoms with E-state index in [-0.39, 0.29) is 11.0 Å². The highest BCUT2D eigenvalue weighted by Crippen LogP contribution is 2.30. The highest BCUT2D eigenvalue weighted by atomic mass is 35.5. The molecule has 0 saturated heterocycles. The van der Waals surface area contributed by atoms with Gasteiger partial charge in [-0.3, -0.25) is 4.18 Å². The molecule has 0 aliphatic carbocycles. The summed E-state index contributed by atoms with van der Waals surface area (Å²) in [5, 5.41) is 0.248. The molecule has 0 bridgehead atoms. The molecular weight excluding hydrogens is 289 g/mol. The van der Waals surface area contributed by atoms with Gasteiger partial charge in [-0.1, -0.05) is 23.7 Å². The van der Waals surface area contributed by atoms with Gasteiger partial charge in [0.05, 0.1) is 6.61 Å². The Balaban J connectivity index is 2.22. The third kappa shape index (κ3) is 3.83. The number of hydrogen-bond acceptors (Lipinski definition) is 4. The molecule has 1 heterocycles. The summed E-state index contributed by atoms with van der Waals surface area (Å²) in [6.45, 7) is 2.37. The monoisotopic (exact) mass is 299 g/mol. The summed E-state index contributed by atoms with van der Waals surface area (Å²) in [4.78, 5) is 4.03. The average molecular weight is 300 g/mol. The van der Waals surface area contributed by atoms with Crippen molar-refractivity contribution in [2.45, 2.75) is 6.92 Å². The first-order valence-corrected chi connectivity index (χ1v) is 6.63. The van der Waals surface area contributed by atoms with Crippen LogP contribution in [-0.2, 0) is 4.18 Å². The van der Waals surface area contributed by atoms with Crippen LogP contribution in [0.15, 0.2) is 36.5 Å². The SMILES string of the molecule is CCOSOc1cc(-c2ccc(F)cc2)cnc1Cl. The summed E-state index contributed by atoms with van der Waals surface area (Å²) in [5.41, 5.74) is 1.62. The maximum absolute atomic E-state index is 12.9. The lowest BCUT2D eigenvalue weighted by Crippen LogP contribution is -1.89. The van der Waals surface area contributed by atoms with E-state index in [1.165, 1.54) is 12.1 Å². The zero-order valence-electron chi connectivity index (χ0n) is 10.1. The molecule has 0 atom stereocenters. The van der Waals surface area contributed by atoms with Crippen LogP contribution in [0.1, 0.15) is 6.92 Å². The summed E-state index contributed by atoms with van der Waals surface area (Å²) in [6, 6.07) is 7.84. The van der Waals surface area contributed by atoms with E-state index in [0.717, 1.165) is 23.5 Å². The summed E-state index contributed by atoms with van der Waals surface area (Å²) in [7, 11) is 0. The predicted octanol–water partition coefficient (Wildman–Crippen LogP) is 4.52. The number of aromatic nitrogens is 1. The molecule has 0 aliphatic heterocycles. The number of halogens is 2. The molecule has 1 aromatic carbocycles. The number of pyridine rings is 1. The normalized spacial score (nSPS) is 10.5. The minimum absolute atomic E-state index is 0.248. The van der Waals surface area contributed by atoms with Crippen molar-refractivity contribution in [1.29, 1.82) is 0 Å². The van der Waals surface area contributed by atoms with E-state index in [9.17, 15) is 4.39 Å². The van der Waals surface area contributed by atoms with E-state index in [1.54, 1.807) is 24.4 Å². The van der Waals surface area contributed by atoms with Crippen LogP contribution >= 0.6 is 23.9 Å². The van der Waals surface area contributed by atoms with E-state index in [2.05, 4.69) is 4.98 Å². The van der Waals surface area contributed by atoms with E-state index in [4.69, 9.17) is 20.0 Å². The number of rotatable bonds is 5.